The number of hydrogen-bond acceptors (Lipinski definition) is 5. The third kappa shape index (κ3) is 4.70. The van der Waals surface area contributed by atoms with Gasteiger partial charge in [0.05, 0.1) is 26.1 Å². The molecule has 0 amide bonds. The van der Waals surface area contributed by atoms with Crippen molar-refractivity contribution in [3.8, 4) is 5.75 Å². The van der Waals surface area contributed by atoms with E-state index in [1.54, 1.807) is 7.11 Å². The molecule has 0 spiro atoms. The van der Waals surface area contributed by atoms with Gasteiger partial charge in [-0.15, -0.1) is 0 Å². The van der Waals surface area contributed by atoms with E-state index in [4.69, 9.17) is 9.72 Å². The van der Waals surface area contributed by atoms with Crippen LogP contribution in [-0.2, 0) is 19.6 Å². The third-order valence-corrected chi connectivity index (χ3v) is 6.50. The maximum Gasteiger partial charge on any atom is 0.259 e. The molecule has 1 aliphatic heterocycles. The molecule has 1 aromatic heterocycles. The highest BCUT2D eigenvalue weighted by molar-refractivity contribution is 5.59. The number of benzene rings is 3. The molecule has 0 saturated heterocycles. The second-order valence-electron chi connectivity index (χ2n) is 9.06. The molecule has 35 heavy (non-hydrogen) atoms. The minimum atomic E-state index is 0.0127. The highest BCUT2D eigenvalue weighted by Crippen LogP contribution is 2.30. The normalized spacial score (nSPS) is 13.5. The Morgan fingerprint density at radius 1 is 0.914 bits per heavy atom. The van der Waals surface area contributed by atoms with Crippen LogP contribution in [0.25, 0.3) is 0 Å². The van der Waals surface area contributed by atoms with Crippen molar-refractivity contribution in [1.82, 2.24) is 14.5 Å². The monoisotopic (exact) mass is 466 g/mol. The van der Waals surface area contributed by atoms with E-state index in [2.05, 4.69) is 53.1 Å². The summed E-state index contributed by atoms with van der Waals surface area (Å²) in [5, 5.41) is 0. The Bertz CT molecular complexity index is 1400. The van der Waals surface area contributed by atoms with Gasteiger partial charge in [0.15, 0.2) is 0 Å². The Morgan fingerprint density at radius 2 is 1.69 bits per heavy atom. The van der Waals surface area contributed by atoms with Crippen molar-refractivity contribution in [1.29, 1.82) is 0 Å². The van der Waals surface area contributed by atoms with Gasteiger partial charge < -0.3 is 4.74 Å². The molecule has 0 saturated carbocycles. The van der Waals surface area contributed by atoms with Crippen molar-refractivity contribution in [2.75, 3.05) is 18.7 Å². The van der Waals surface area contributed by atoms with Gasteiger partial charge in [-0.3, -0.25) is 19.2 Å². The first-order valence-corrected chi connectivity index (χ1v) is 11.9. The first kappa shape index (κ1) is 22.9. The van der Waals surface area contributed by atoms with Gasteiger partial charge in [-0.2, -0.15) is 0 Å². The molecule has 0 unspecified atom stereocenters. The van der Waals surface area contributed by atoms with Crippen molar-refractivity contribution in [3.63, 3.8) is 0 Å². The summed E-state index contributed by atoms with van der Waals surface area (Å²) in [5.41, 5.74) is 5.90. The number of para-hydroxylation sites is 1. The number of hydrogen-bond donors (Lipinski definition) is 0. The van der Waals surface area contributed by atoms with Crippen molar-refractivity contribution < 1.29 is 4.74 Å². The number of nitrogens with zero attached hydrogens (tertiary/aromatic N) is 4. The van der Waals surface area contributed by atoms with Gasteiger partial charge in [0.25, 0.3) is 5.56 Å². The number of methoxy groups -OCH3 is 1. The predicted molar refractivity (Wildman–Crippen MR) is 139 cm³/mol. The molecule has 0 radical (unpaired) electrons. The summed E-state index contributed by atoms with van der Waals surface area (Å²) in [4.78, 5) is 23.2. The van der Waals surface area contributed by atoms with Crippen LogP contribution < -0.4 is 15.2 Å². The van der Waals surface area contributed by atoms with E-state index in [1.165, 1.54) is 0 Å². The molecule has 0 N–H and O–H groups in total. The van der Waals surface area contributed by atoms with Gasteiger partial charge in [0.2, 0.25) is 5.95 Å². The molecular formula is C29H30N4O2. The molecular weight excluding hydrogens is 436 g/mol. The van der Waals surface area contributed by atoms with Crippen molar-refractivity contribution in [2.45, 2.75) is 33.5 Å². The van der Waals surface area contributed by atoms with Gasteiger partial charge in [-0.1, -0.05) is 60.7 Å². The van der Waals surface area contributed by atoms with E-state index in [9.17, 15) is 4.79 Å². The quantitative estimate of drug-likeness (QED) is 0.399. The molecule has 0 aliphatic carbocycles. The summed E-state index contributed by atoms with van der Waals surface area (Å²) >= 11 is 0. The topological polar surface area (TPSA) is 50.6 Å². The Kier molecular flexibility index (Phi) is 6.38. The second kappa shape index (κ2) is 9.76. The van der Waals surface area contributed by atoms with Crippen LogP contribution in [0, 0.1) is 13.8 Å². The molecule has 0 atom stereocenters. The standard InChI is InChI=1S/C29H30N4O2/c1-21-10-9-14-25(16-21)32-19-31(18-24-13-7-8-15-27(24)35-3)20-33-28(34)26(22(2)30-29(32)33)17-23-11-5-4-6-12-23/h4-16H,17-20H2,1-3H3. The molecule has 1 aliphatic rings. The van der Waals surface area contributed by atoms with Crippen LogP contribution in [0.3, 0.4) is 0 Å². The van der Waals surface area contributed by atoms with E-state index in [0.717, 1.165) is 39.4 Å². The number of anilines is 2. The minimum absolute atomic E-state index is 0.0127. The van der Waals surface area contributed by atoms with Gasteiger partial charge >= 0.3 is 0 Å². The summed E-state index contributed by atoms with van der Waals surface area (Å²) in [7, 11) is 1.69. The third-order valence-electron chi connectivity index (χ3n) is 6.50. The maximum absolute atomic E-state index is 13.8. The summed E-state index contributed by atoms with van der Waals surface area (Å²) in [5.74, 6) is 1.53. The lowest BCUT2D eigenvalue weighted by Gasteiger charge is -2.38. The Hall–Kier alpha value is -3.90. The minimum Gasteiger partial charge on any atom is -0.496 e. The predicted octanol–water partition coefficient (Wildman–Crippen LogP) is 5.03. The maximum atomic E-state index is 13.8. The van der Waals surface area contributed by atoms with E-state index in [1.807, 2.05) is 54.0 Å². The first-order chi connectivity index (χ1) is 17.0. The molecule has 178 valence electrons. The van der Waals surface area contributed by atoms with Crippen molar-refractivity contribution in [3.05, 3.63) is 117 Å². The number of aromatic nitrogens is 2. The molecule has 6 heteroatoms. The first-order valence-electron chi connectivity index (χ1n) is 11.9. The van der Waals surface area contributed by atoms with Crippen molar-refractivity contribution in [2.24, 2.45) is 0 Å². The summed E-state index contributed by atoms with van der Waals surface area (Å²) in [6.07, 6.45) is 0.565. The number of aryl methyl sites for hydroxylation is 2. The van der Waals surface area contributed by atoms with Crippen LogP contribution in [0.4, 0.5) is 11.6 Å². The lowest BCUT2D eigenvalue weighted by molar-refractivity contribution is 0.187. The van der Waals surface area contributed by atoms with Crippen LogP contribution >= 0.6 is 0 Å². The van der Waals surface area contributed by atoms with Crippen LogP contribution in [0.1, 0.15) is 27.9 Å². The Labute approximate surface area is 206 Å². The second-order valence-corrected chi connectivity index (χ2v) is 9.06. The molecule has 0 fully saturated rings. The molecule has 2 heterocycles. The SMILES string of the molecule is COc1ccccc1CN1CN(c2cccc(C)c2)c2nc(C)c(Cc3ccccc3)c(=O)n2C1. The van der Waals surface area contributed by atoms with Crippen molar-refractivity contribution >= 4 is 11.6 Å². The Morgan fingerprint density at radius 3 is 2.46 bits per heavy atom. The summed E-state index contributed by atoms with van der Waals surface area (Å²) < 4.78 is 7.40. The summed E-state index contributed by atoms with van der Waals surface area (Å²) in [6, 6.07) is 26.5. The summed E-state index contributed by atoms with van der Waals surface area (Å²) in [6.45, 7) is 5.75. The van der Waals surface area contributed by atoms with Crippen LogP contribution in [0.15, 0.2) is 83.7 Å². The van der Waals surface area contributed by atoms with Gasteiger partial charge in [-0.05, 0) is 43.2 Å². The molecule has 3 aromatic carbocycles. The van der Waals surface area contributed by atoms with E-state index in [-0.39, 0.29) is 5.56 Å². The zero-order valence-electron chi connectivity index (χ0n) is 20.4. The molecule has 5 rings (SSSR count). The lowest BCUT2D eigenvalue weighted by atomic mass is 10.1. The average Bonchev–Trinajstić information content (AvgIpc) is 2.87. The van der Waals surface area contributed by atoms with Crippen LogP contribution in [0.5, 0.6) is 5.75 Å². The zero-order chi connectivity index (χ0) is 24.4. The zero-order valence-corrected chi connectivity index (χ0v) is 20.4. The average molecular weight is 467 g/mol. The largest absolute Gasteiger partial charge is 0.496 e. The van der Waals surface area contributed by atoms with Gasteiger partial charge in [-0.25, -0.2) is 4.98 Å². The fraction of sp³-hybridized carbons (Fsp3) is 0.241. The van der Waals surface area contributed by atoms with E-state index in [0.29, 0.717) is 32.3 Å². The smallest absolute Gasteiger partial charge is 0.259 e. The highest BCUT2D eigenvalue weighted by atomic mass is 16.5. The molecule has 6 nitrogen and oxygen atoms in total. The van der Waals surface area contributed by atoms with E-state index < -0.39 is 0 Å². The number of ether oxygens (including phenoxy) is 1. The van der Waals surface area contributed by atoms with Gasteiger partial charge in [0.1, 0.15) is 5.75 Å². The highest BCUT2D eigenvalue weighted by Gasteiger charge is 2.28. The van der Waals surface area contributed by atoms with Gasteiger partial charge in [0, 0.05) is 29.8 Å². The fourth-order valence-corrected chi connectivity index (χ4v) is 4.70. The fourth-order valence-electron chi connectivity index (χ4n) is 4.70. The Balaban J connectivity index is 1.58. The van der Waals surface area contributed by atoms with Crippen LogP contribution in [-0.4, -0.2) is 28.2 Å². The van der Waals surface area contributed by atoms with Crippen LogP contribution in [0.2, 0.25) is 0 Å². The number of rotatable bonds is 6. The van der Waals surface area contributed by atoms with E-state index >= 15 is 0 Å². The molecule has 4 aromatic rings. The number of fused-ring (bicyclic) bond motifs is 1. The molecule has 0 bridgehead atoms. The lowest BCUT2D eigenvalue weighted by Crippen LogP contribution is -2.47.